The normalized spacial score (nSPS) is 18.0. The summed E-state index contributed by atoms with van der Waals surface area (Å²) in [5.41, 5.74) is -0.0916. The molecule has 134 valence electrons. The molecule has 1 N–H and O–H groups in total. The van der Waals surface area contributed by atoms with Crippen LogP contribution in [0, 0.1) is 0 Å². The summed E-state index contributed by atoms with van der Waals surface area (Å²) in [6, 6.07) is 5.23. The molecule has 1 aliphatic carbocycles. The Bertz CT molecular complexity index is 558. The van der Waals surface area contributed by atoms with Crippen molar-refractivity contribution in [1.82, 2.24) is 0 Å². The molecule has 0 radical (unpaired) electrons. The summed E-state index contributed by atoms with van der Waals surface area (Å²) in [5, 5.41) is 3.37. The average molecular weight is 356 g/mol. The van der Waals surface area contributed by atoms with Crippen molar-refractivity contribution in [2.75, 3.05) is 26.1 Å². The number of benzene rings is 1. The molecule has 1 atom stereocenters. The highest BCUT2D eigenvalue weighted by Crippen LogP contribution is 2.33. The third kappa shape index (κ3) is 4.62. The molecule has 1 fully saturated rings. The Labute approximate surface area is 148 Å². The van der Waals surface area contributed by atoms with E-state index >= 15 is 0 Å². The van der Waals surface area contributed by atoms with Crippen LogP contribution in [0.4, 0.5) is 5.69 Å². The Balaban J connectivity index is 2.04. The lowest BCUT2D eigenvalue weighted by Gasteiger charge is -2.34. The summed E-state index contributed by atoms with van der Waals surface area (Å²) >= 11 is 6.26. The van der Waals surface area contributed by atoms with Crippen molar-refractivity contribution in [2.45, 2.75) is 50.7 Å². The van der Waals surface area contributed by atoms with Gasteiger partial charge in [-0.1, -0.05) is 30.9 Å². The minimum atomic E-state index is -0.729. The largest absolute Gasteiger partial charge is 0.487 e. The zero-order chi connectivity index (χ0) is 17.6. The maximum Gasteiger partial charge on any atom is 0.256 e. The van der Waals surface area contributed by atoms with Crippen molar-refractivity contribution < 1.29 is 19.0 Å². The highest BCUT2D eigenvalue weighted by atomic mass is 35.5. The fourth-order valence-electron chi connectivity index (χ4n) is 3.05. The second-order valence-electron chi connectivity index (χ2n) is 6.24. The molecular weight excluding hydrogens is 330 g/mol. The number of nitrogens with one attached hydrogen (secondary N) is 1. The predicted octanol–water partition coefficient (Wildman–Crippen LogP) is 4.04. The Morgan fingerprint density at radius 2 is 2.00 bits per heavy atom. The first kappa shape index (κ1) is 19.0. The van der Waals surface area contributed by atoms with Crippen molar-refractivity contribution >= 4 is 23.2 Å². The molecule has 0 aliphatic heterocycles. The minimum Gasteiger partial charge on any atom is -0.487 e. The van der Waals surface area contributed by atoms with Crippen LogP contribution in [0.15, 0.2) is 18.2 Å². The van der Waals surface area contributed by atoms with Crippen LogP contribution in [0.2, 0.25) is 5.02 Å². The van der Waals surface area contributed by atoms with Gasteiger partial charge in [-0.05, 0) is 38.0 Å². The zero-order valence-electron chi connectivity index (χ0n) is 14.6. The molecule has 0 unspecified atom stereocenters. The molecule has 2 rings (SSSR count). The van der Waals surface area contributed by atoms with Crippen LogP contribution in [-0.2, 0) is 14.3 Å². The molecule has 0 saturated heterocycles. The number of anilines is 1. The van der Waals surface area contributed by atoms with Crippen molar-refractivity contribution in [2.24, 2.45) is 0 Å². The molecular formula is C18H26ClNO4. The molecule has 24 heavy (non-hydrogen) atoms. The molecule has 1 amide bonds. The second-order valence-corrected chi connectivity index (χ2v) is 6.65. The van der Waals surface area contributed by atoms with Crippen LogP contribution in [-0.4, -0.2) is 38.4 Å². The molecule has 0 spiro atoms. The van der Waals surface area contributed by atoms with E-state index in [0.717, 1.165) is 32.1 Å². The van der Waals surface area contributed by atoms with Crippen LogP contribution >= 0.6 is 11.6 Å². The fourth-order valence-corrected chi connectivity index (χ4v) is 3.28. The summed E-state index contributed by atoms with van der Waals surface area (Å²) < 4.78 is 16.3. The molecule has 0 bridgehead atoms. The number of carbonyl (C=O) groups is 1. The number of amides is 1. The summed E-state index contributed by atoms with van der Waals surface area (Å²) in [7, 11) is 3.23. The smallest absolute Gasteiger partial charge is 0.256 e. The third-order valence-corrected chi connectivity index (χ3v) is 4.68. The van der Waals surface area contributed by atoms with Crippen LogP contribution in [0.5, 0.6) is 5.75 Å². The highest BCUT2D eigenvalue weighted by Gasteiger charge is 2.39. The van der Waals surface area contributed by atoms with Gasteiger partial charge in [-0.3, -0.25) is 4.79 Å². The minimum absolute atomic E-state index is 0.105. The van der Waals surface area contributed by atoms with Gasteiger partial charge in [-0.15, -0.1) is 0 Å². The van der Waals surface area contributed by atoms with Gasteiger partial charge in [0.05, 0.1) is 11.6 Å². The molecule has 6 heteroatoms. The van der Waals surface area contributed by atoms with Gasteiger partial charge >= 0.3 is 0 Å². The Hall–Kier alpha value is -1.30. The van der Waals surface area contributed by atoms with E-state index < -0.39 is 5.60 Å². The van der Waals surface area contributed by atoms with Gasteiger partial charge in [0.15, 0.2) is 0 Å². The van der Waals surface area contributed by atoms with E-state index in [4.69, 9.17) is 25.8 Å². The molecule has 1 saturated carbocycles. The third-order valence-electron chi connectivity index (χ3n) is 4.39. The van der Waals surface area contributed by atoms with E-state index in [-0.39, 0.29) is 12.0 Å². The Morgan fingerprint density at radius 3 is 2.58 bits per heavy atom. The van der Waals surface area contributed by atoms with Crippen molar-refractivity contribution in [3.05, 3.63) is 23.2 Å². The number of hydrogen-bond acceptors (Lipinski definition) is 4. The standard InChI is InChI=1S/C18H26ClNO4/c1-13(12-22-2)24-16-8-7-14(11-15(16)19)20-17(21)18(23-3)9-5-4-6-10-18/h7-8,11,13H,4-6,9-10,12H2,1-3H3,(H,20,21)/t13-/m1/s1. The molecule has 1 aromatic rings. The molecule has 0 heterocycles. The van der Waals surface area contributed by atoms with Gasteiger partial charge in [-0.25, -0.2) is 0 Å². The van der Waals surface area contributed by atoms with E-state index in [1.54, 1.807) is 32.4 Å². The van der Waals surface area contributed by atoms with Crippen molar-refractivity contribution in [1.29, 1.82) is 0 Å². The van der Waals surface area contributed by atoms with Gasteiger partial charge in [0, 0.05) is 19.9 Å². The number of ether oxygens (including phenoxy) is 3. The van der Waals surface area contributed by atoms with Gasteiger partial charge in [0.25, 0.3) is 5.91 Å². The first-order valence-electron chi connectivity index (χ1n) is 8.32. The zero-order valence-corrected chi connectivity index (χ0v) is 15.3. The van der Waals surface area contributed by atoms with Crippen LogP contribution < -0.4 is 10.1 Å². The van der Waals surface area contributed by atoms with Gasteiger partial charge in [0.2, 0.25) is 0 Å². The van der Waals surface area contributed by atoms with E-state index in [0.29, 0.717) is 23.1 Å². The summed E-state index contributed by atoms with van der Waals surface area (Å²) in [6.45, 7) is 2.38. The summed E-state index contributed by atoms with van der Waals surface area (Å²) in [5.74, 6) is 0.459. The summed E-state index contributed by atoms with van der Waals surface area (Å²) in [6.07, 6.45) is 4.55. The predicted molar refractivity (Wildman–Crippen MR) is 94.9 cm³/mol. The van der Waals surface area contributed by atoms with Crippen LogP contribution in [0.1, 0.15) is 39.0 Å². The lowest BCUT2D eigenvalue weighted by Crippen LogP contribution is -2.46. The summed E-state index contributed by atoms with van der Waals surface area (Å²) in [4.78, 5) is 12.7. The SMILES string of the molecule is COC[C@@H](C)Oc1ccc(NC(=O)C2(OC)CCCCC2)cc1Cl. The van der Waals surface area contributed by atoms with E-state index in [2.05, 4.69) is 5.32 Å². The fraction of sp³-hybridized carbons (Fsp3) is 0.611. The van der Waals surface area contributed by atoms with Crippen molar-refractivity contribution in [3.8, 4) is 5.75 Å². The van der Waals surface area contributed by atoms with Gasteiger partial charge < -0.3 is 19.5 Å². The first-order chi connectivity index (χ1) is 11.5. The van der Waals surface area contributed by atoms with Crippen molar-refractivity contribution in [3.63, 3.8) is 0 Å². The lowest BCUT2D eigenvalue weighted by molar-refractivity contribution is -0.141. The van der Waals surface area contributed by atoms with Crippen LogP contribution in [0.3, 0.4) is 0 Å². The molecule has 5 nitrogen and oxygen atoms in total. The highest BCUT2D eigenvalue weighted by molar-refractivity contribution is 6.32. The number of hydrogen-bond donors (Lipinski definition) is 1. The number of halogens is 1. The number of carbonyl (C=O) groups excluding carboxylic acids is 1. The van der Waals surface area contributed by atoms with E-state index in [9.17, 15) is 4.79 Å². The molecule has 0 aromatic heterocycles. The topological polar surface area (TPSA) is 56.8 Å². The number of rotatable bonds is 7. The quantitative estimate of drug-likeness (QED) is 0.801. The average Bonchev–Trinajstić information content (AvgIpc) is 2.58. The van der Waals surface area contributed by atoms with E-state index in [1.807, 2.05) is 6.92 Å². The van der Waals surface area contributed by atoms with Crippen LogP contribution in [0.25, 0.3) is 0 Å². The maximum absolute atomic E-state index is 12.7. The first-order valence-corrected chi connectivity index (χ1v) is 8.70. The lowest BCUT2D eigenvalue weighted by atomic mass is 9.84. The second kappa shape index (κ2) is 8.70. The van der Waals surface area contributed by atoms with Gasteiger partial charge in [-0.2, -0.15) is 0 Å². The van der Waals surface area contributed by atoms with E-state index in [1.165, 1.54) is 0 Å². The Kier molecular flexibility index (Phi) is 6.90. The maximum atomic E-state index is 12.7. The molecule has 1 aliphatic rings. The monoisotopic (exact) mass is 355 g/mol. The Morgan fingerprint density at radius 1 is 1.29 bits per heavy atom. The molecule has 1 aromatic carbocycles. The number of methoxy groups -OCH3 is 2. The van der Waals surface area contributed by atoms with Gasteiger partial charge in [0.1, 0.15) is 17.5 Å².